The SMILES string of the molecule is CC(NC1CCc2c(Br)cccc21)C(=O)O. The van der Waals surface area contributed by atoms with E-state index >= 15 is 0 Å². The average molecular weight is 284 g/mol. The molecule has 86 valence electrons. The maximum Gasteiger partial charge on any atom is 0.320 e. The summed E-state index contributed by atoms with van der Waals surface area (Å²) in [6, 6.07) is 5.75. The number of carboxylic acids is 1. The highest BCUT2D eigenvalue weighted by Gasteiger charge is 2.26. The second-order valence-corrected chi connectivity index (χ2v) is 4.98. The van der Waals surface area contributed by atoms with Gasteiger partial charge in [-0.2, -0.15) is 0 Å². The monoisotopic (exact) mass is 283 g/mol. The van der Waals surface area contributed by atoms with E-state index in [1.165, 1.54) is 11.1 Å². The van der Waals surface area contributed by atoms with Gasteiger partial charge in [-0.05, 0) is 37.0 Å². The molecule has 4 heteroatoms. The van der Waals surface area contributed by atoms with Gasteiger partial charge in [0.2, 0.25) is 0 Å². The van der Waals surface area contributed by atoms with Crippen molar-refractivity contribution in [3.05, 3.63) is 33.8 Å². The predicted octanol–water partition coefficient (Wildman–Crippen LogP) is 2.50. The molecular formula is C12H14BrNO2. The summed E-state index contributed by atoms with van der Waals surface area (Å²) in [5.41, 5.74) is 2.53. The Labute approximate surface area is 103 Å². The number of hydrogen-bond donors (Lipinski definition) is 2. The minimum Gasteiger partial charge on any atom is -0.480 e. The molecule has 1 aromatic carbocycles. The standard InChI is InChI=1S/C12H14BrNO2/c1-7(12(15)16)14-11-6-5-8-9(11)3-2-4-10(8)13/h2-4,7,11,14H,5-6H2,1H3,(H,15,16). The Balaban J connectivity index is 2.18. The highest BCUT2D eigenvalue weighted by atomic mass is 79.9. The van der Waals surface area contributed by atoms with E-state index in [4.69, 9.17) is 5.11 Å². The first kappa shape index (κ1) is 11.6. The number of fused-ring (bicyclic) bond motifs is 1. The molecule has 0 fully saturated rings. The lowest BCUT2D eigenvalue weighted by atomic mass is 10.1. The van der Waals surface area contributed by atoms with E-state index in [0.717, 1.165) is 17.3 Å². The number of rotatable bonds is 3. The molecule has 0 amide bonds. The third kappa shape index (κ3) is 2.13. The second kappa shape index (κ2) is 4.55. The Hall–Kier alpha value is -0.870. The Morgan fingerprint density at radius 1 is 1.62 bits per heavy atom. The van der Waals surface area contributed by atoms with Crippen LogP contribution in [0, 0.1) is 0 Å². The number of benzene rings is 1. The van der Waals surface area contributed by atoms with Gasteiger partial charge >= 0.3 is 5.97 Å². The van der Waals surface area contributed by atoms with Crippen LogP contribution >= 0.6 is 15.9 Å². The smallest absolute Gasteiger partial charge is 0.320 e. The molecule has 0 spiro atoms. The summed E-state index contributed by atoms with van der Waals surface area (Å²) in [4.78, 5) is 10.8. The summed E-state index contributed by atoms with van der Waals surface area (Å²) in [6.07, 6.45) is 1.97. The van der Waals surface area contributed by atoms with Crippen LogP contribution in [-0.2, 0) is 11.2 Å². The summed E-state index contributed by atoms with van der Waals surface area (Å²) in [6.45, 7) is 1.68. The van der Waals surface area contributed by atoms with Gasteiger partial charge in [-0.3, -0.25) is 10.1 Å². The molecule has 2 unspecified atom stereocenters. The van der Waals surface area contributed by atoms with Gasteiger partial charge in [0.25, 0.3) is 0 Å². The molecule has 0 heterocycles. The largest absolute Gasteiger partial charge is 0.480 e. The van der Waals surface area contributed by atoms with Gasteiger partial charge in [0.15, 0.2) is 0 Å². The van der Waals surface area contributed by atoms with Crippen molar-refractivity contribution in [3.8, 4) is 0 Å². The van der Waals surface area contributed by atoms with Gasteiger partial charge in [-0.15, -0.1) is 0 Å². The molecule has 1 aliphatic rings. The normalized spacial score (nSPS) is 20.5. The van der Waals surface area contributed by atoms with Crippen molar-refractivity contribution in [2.75, 3.05) is 0 Å². The van der Waals surface area contributed by atoms with Crippen LogP contribution in [0.25, 0.3) is 0 Å². The van der Waals surface area contributed by atoms with Gasteiger partial charge in [-0.1, -0.05) is 28.1 Å². The van der Waals surface area contributed by atoms with Crippen molar-refractivity contribution in [2.24, 2.45) is 0 Å². The average Bonchev–Trinajstić information content (AvgIpc) is 2.63. The molecule has 3 nitrogen and oxygen atoms in total. The highest BCUT2D eigenvalue weighted by Crippen LogP contribution is 2.35. The van der Waals surface area contributed by atoms with Crippen molar-refractivity contribution < 1.29 is 9.90 Å². The van der Waals surface area contributed by atoms with E-state index in [9.17, 15) is 4.79 Å². The van der Waals surface area contributed by atoms with Crippen LogP contribution in [-0.4, -0.2) is 17.1 Å². The Morgan fingerprint density at radius 3 is 3.06 bits per heavy atom. The lowest BCUT2D eigenvalue weighted by Crippen LogP contribution is -2.35. The molecule has 0 saturated heterocycles. The molecule has 0 aromatic heterocycles. The highest BCUT2D eigenvalue weighted by molar-refractivity contribution is 9.10. The van der Waals surface area contributed by atoms with Gasteiger partial charge in [0.1, 0.15) is 6.04 Å². The van der Waals surface area contributed by atoms with Gasteiger partial charge in [-0.25, -0.2) is 0 Å². The summed E-state index contributed by atoms with van der Waals surface area (Å²) in [5, 5.41) is 12.0. The van der Waals surface area contributed by atoms with Crippen LogP contribution in [0.5, 0.6) is 0 Å². The fourth-order valence-corrected chi connectivity index (χ4v) is 2.74. The van der Waals surface area contributed by atoms with Crippen LogP contribution in [0.1, 0.15) is 30.5 Å². The first-order valence-electron chi connectivity index (χ1n) is 5.35. The van der Waals surface area contributed by atoms with Crippen LogP contribution in [0.3, 0.4) is 0 Å². The molecule has 16 heavy (non-hydrogen) atoms. The van der Waals surface area contributed by atoms with E-state index in [1.54, 1.807) is 6.92 Å². The fraction of sp³-hybridized carbons (Fsp3) is 0.417. The van der Waals surface area contributed by atoms with E-state index in [2.05, 4.69) is 27.3 Å². The molecule has 2 rings (SSSR count). The van der Waals surface area contributed by atoms with Crippen molar-refractivity contribution in [1.82, 2.24) is 5.32 Å². The molecular weight excluding hydrogens is 270 g/mol. The number of halogens is 1. The maximum atomic E-state index is 10.8. The Bertz CT molecular complexity index is 419. The lowest BCUT2D eigenvalue weighted by molar-refractivity contribution is -0.139. The fourth-order valence-electron chi connectivity index (χ4n) is 2.16. The third-order valence-electron chi connectivity index (χ3n) is 3.04. The van der Waals surface area contributed by atoms with Gasteiger partial charge in [0, 0.05) is 10.5 Å². The van der Waals surface area contributed by atoms with E-state index in [1.807, 2.05) is 12.1 Å². The van der Waals surface area contributed by atoms with Gasteiger partial charge < -0.3 is 5.11 Å². The molecule has 0 saturated carbocycles. The lowest BCUT2D eigenvalue weighted by Gasteiger charge is -2.17. The zero-order valence-electron chi connectivity index (χ0n) is 9.03. The van der Waals surface area contributed by atoms with Crippen molar-refractivity contribution in [2.45, 2.75) is 31.8 Å². The minimum atomic E-state index is -0.802. The predicted molar refractivity (Wildman–Crippen MR) is 65.4 cm³/mol. The van der Waals surface area contributed by atoms with Crippen LogP contribution in [0.4, 0.5) is 0 Å². The molecule has 0 bridgehead atoms. The number of hydrogen-bond acceptors (Lipinski definition) is 2. The quantitative estimate of drug-likeness (QED) is 0.896. The topological polar surface area (TPSA) is 49.3 Å². The van der Waals surface area contributed by atoms with Crippen LogP contribution < -0.4 is 5.32 Å². The van der Waals surface area contributed by atoms with Gasteiger partial charge in [0.05, 0.1) is 0 Å². The molecule has 0 radical (unpaired) electrons. The number of aliphatic carboxylic acids is 1. The number of nitrogens with one attached hydrogen (secondary N) is 1. The first-order valence-corrected chi connectivity index (χ1v) is 6.15. The Morgan fingerprint density at radius 2 is 2.38 bits per heavy atom. The molecule has 1 aliphatic carbocycles. The van der Waals surface area contributed by atoms with Crippen LogP contribution in [0.2, 0.25) is 0 Å². The summed E-state index contributed by atoms with van der Waals surface area (Å²) in [5.74, 6) is -0.802. The van der Waals surface area contributed by atoms with Crippen molar-refractivity contribution in [3.63, 3.8) is 0 Å². The molecule has 2 N–H and O–H groups in total. The number of carbonyl (C=O) groups is 1. The first-order chi connectivity index (χ1) is 7.59. The van der Waals surface area contributed by atoms with E-state index in [-0.39, 0.29) is 6.04 Å². The van der Waals surface area contributed by atoms with Crippen LogP contribution in [0.15, 0.2) is 22.7 Å². The van der Waals surface area contributed by atoms with Crippen molar-refractivity contribution in [1.29, 1.82) is 0 Å². The summed E-state index contributed by atoms with van der Waals surface area (Å²) in [7, 11) is 0. The molecule has 2 atom stereocenters. The van der Waals surface area contributed by atoms with E-state index < -0.39 is 12.0 Å². The zero-order valence-corrected chi connectivity index (χ0v) is 10.6. The minimum absolute atomic E-state index is 0.165. The summed E-state index contributed by atoms with van der Waals surface area (Å²) >= 11 is 3.53. The second-order valence-electron chi connectivity index (χ2n) is 4.13. The third-order valence-corrected chi connectivity index (χ3v) is 3.78. The Kier molecular flexibility index (Phi) is 3.30. The zero-order chi connectivity index (χ0) is 11.7. The maximum absolute atomic E-state index is 10.8. The van der Waals surface area contributed by atoms with E-state index in [0.29, 0.717) is 0 Å². The molecule has 0 aliphatic heterocycles. The van der Waals surface area contributed by atoms with Crippen molar-refractivity contribution >= 4 is 21.9 Å². The number of carboxylic acid groups (broad SMARTS) is 1. The summed E-state index contributed by atoms with van der Waals surface area (Å²) < 4.78 is 1.12. The molecule has 1 aromatic rings.